The van der Waals surface area contributed by atoms with Crippen LogP contribution in [0.25, 0.3) is 6.08 Å². The number of benzene rings is 3. The Kier molecular flexibility index (Phi) is 7.92. The third-order valence-electron chi connectivity index (χ3n) is 4.68. The lowest BCUT2D eigenvalue weighted by molar-refractivity contribution is -0.123. The maximum atomic E-state index is 13.0. The molecule has 0 bridgehead atoms. The molecule has 0 radical (unpaired) electrons. The lowest BCUT2D eigenvalue weighted by Crippen LogP contribution is -2.46. The summed E-state index contributed by atoms with van der Waals surface area (Å²) < 4.78 is 18.9. The number of carbonyl (C=O) groups is 2. The van der Waals surface area contributed by atoms with E-state index in [9.17, 15) is 14.0 Å². The second kappa shape index (κ2) is 11.1. The van der Waals surface area contributed by atoms with Crippen LogP contribution < -0.4 is 15.5 Å². The zero-order chi connectivity index (χ0) is 24.9. The summed E-state index contributed by atoms with van der Waals surface area (Å²) in [7, 11) is 0. The number of rotatable bonds is 6. The molecule has 0 spiro atoms. The number of anilines is 1. The summed E-state index contributed by atoms with van der Waals surface area (Å²) in [4.78, 5) is 25.5. The number of ether oxygens (including phenoxy) is 1. The van der Waals surface area contributed by atoms with Gasteiger partial charge in [-0.25, -0.2) is 14.6 Å². The van der Waals surface area contributed by atoms with E-state index in [1.54, 1.807) is 54.6 Å². The highest BCUT2D eigenvalue weighted by Gasteiger charge is 2.33. The van der Waals surface area contributed by atoms with Crippen LogP contribution in [0.3, 0.4) is 0 Å². The predicted octanol–water partition coefficient (Wildman–Crippen LogP) is 6.65. The fourth-order valence-corrected chi connectivity index (χ4v) is 4.44. The smallest absolute Gasteiger partial charge is 0.338 e. The van der Waals surface area contributed by atoms with E-state index in [0.29, 0.717) is 28.0 Å². The van der Waals surface area contributed by atoms with Crippen molar-refractivity contribution in [3.05, 3.63) is 98.6 Å². The minimum absolute atomic E-state index is 0.185. The first kappa shape index (κ1) is 25.0. The Hall–Kier alpha value is -3.11. The second-order valence-electron chi connectivity index (χ2n) is 7.20. The van der Waals surface area contributed by atoms with Gasteiger partial charge in [-0.15, -0.1) is 0 Å². The number of amides is 3. The molecule has 1 saturated heterocycles. The van der Waals surface area contributed by atoms with Crippen molar-refractivity contribution >= 4 is 75.2 Å². The first-order chi connectivity index (χ1) is 16.8. The number of halogens is 3. The summed E-state index contributed by atoms with van der Waals surface area (Å²) in [5.41, 5.74) is 4.43. The van der Waals surface area contributed by atoms with E-state index in [2.05, 4.69) is 10.7 Å². The van der Waals surface area contributed by atoms with Crippen molar-refractivity contribution in [3.63, 3.8) is 0 Å². The SMILES string of the molecule is O=C(Nc1ccc(Cl)c(Cl)c1)NN1C(=O)/C(=C/c2ccc(OCc3ccc(F)cc3)cc2)SC1=S. The molecule has 3 aromatic rings. The molecule has 2 N–H and O–H groups in total. The standard InChI is InChI=1S/C24H16Cl2FN3O3S2/c25-19-10-7-17(12-20(19)26)28-23(32)29-30-22(31)21(35-24(30)34)11-14-3-8-18(9-4-14)33-13-15-1-5-16(27)6-2-15/h1-12H,13H2,(H2,28,29,32)/b21-11-. The Morgan fingerprint density at radius 1 is 1.06 bits per heavy atom. The molecule has 4 rings (SSSR count). The van der Waals surface area contributed by atoms with E-state index in [4.69, 9.17) is 40.2 Å². The van der Waals surface area contributed by atoms with E-state index in [0.717, 1.165) is 27.9 Å². The molecule has 3 aromatic carbocycles. The molecule has 6 nitrogen and oxygen atoms in total. The van der Waals surface area contributed by atoms with Gasteiger partial charge in [0.25, 0.3) is 5.91 Å². The Bertz CT molecular complexity index is 1320. The Morgan fingerprint density at radius 2 is 1.77 bits per heavy atom. The predicted molar refractivity (Wildman–Crippen MR) is 141 cm³/mol. The van der Waals surface area contributed by atoms with Crippen molar-refractivity contribution in [2.24, 2.45) is 0 Å². The normalized spacial score (nSPS) is 14.4. The fraction of sp³-hybridized carbons (Fsp3) is 0.0417. The van der Waals surface area contributed by atoms with Gasteiger partial charge in [0.15, 0.2) is 4.32 Å². The van der Waals surface area contributed by atoms with E-state index in [1.807, 2.05) is 0 Å². The highest BCUT2D eigenvalue weighted by molar-refractivity contribution is 8.26. The van der Waals surface area contributed by atoms with Crippen LogP contribution in [0.5, 0.6) is 5.75 Å². The quantitative estimate of drug-likeness (QED) is 0.267. The summed E-state index contributed by atoms with van der Waals surface area (Å²) in [6.07, 6.45) is 1.67. The Morgan fingerprint density at radius 3 is 2.46 bits per heavy atom. The molecular weight excluding hydrogens is 532 g/mol. The molecule has 0 aliphatic carbocycles. The Balaban J connectivity index is 1.35. The van der Waals surface area contributed by atoms with Gasteiger partial charge in [0.05, 0.1) is 15.0 Å². The van der Waals surface area contributed by atoms with Crippen molar-refractivity contribution in [2.45, 2.75) is 6.61 Å². The molecule has 35 heavy (non-hydrogen) atoms. The van der Waals surface area contributed by atoms with Crippen molar-refractivity contribution in [3.8, 4) is 5.75 Å². The number of hydrogen-bond acceptors (Lipinski definition) is 5. The highest BCUT2D eigenvalue weighted by Crippen LogP contribution is 2.32. The van der Waals surface area contributed by atoms with Crippen LogP contribution in [-0.4, -0.2) is 21.3 Å². The first-order valence-corrected chi connectivity index (χ1v) is 12.0. The van der Waals surface area contributed by atoms with Gasteiger partial charge in [0.1, 0.15) is 18.2 Å². The molecule has 1 aliphatic rings. The van der Waals surface area contributed by atoms with Crippen LogP contribution in [0.15, 0.2) is 71.6 Å². The topological polar surface area (TPSA) is 70.7 Å². The maximum Gasteiger partial charge on any atom is 0.338 e. The van der Waals surface area contributed by atoms with E-state index in [-0.39, 0.29) is 15.2 Å². The van der Waals surface area contributed by atoms with Crippen LogP contribution in [-0.2, 0) is 11.4 Å². The third kappa shape index (κ3) is 6.52. The highest BCUT2D eigenvalue weighted by atomic mass is 35.5. The van der Waals surface area contributed by atoms with Gasteiger partial charge < -0.3 is 10.1 Å². The summed E-state index contributed by atoms with van der Waals surface area (Å²) in [5.74, 6) is -0.133. The number of thioether (sulfide) groups is 1. The average Bonchev–Trinajstić information content (AvgIpc) is 3.09. The number of nitrogens with zero attached hydrogens (tertiary/aromatic N) is 1. The minimum atomic E-state index is -0.663. The molecule has 0 aromatic heterocycles. The zero-order valence-corrected chi connectivity index (χ0v) is 20.9. The third-order valence-corrected chi connectivity index (χ3v) is 6.72. The van der Waals surface area contributed by atoms with Gasteiger partial charge in [-0.2, -0.15) is 5.01 Å². The number of hydrogen-bond donors (Lipinski definition) is 2. The van der Waals surface area contributed by atoms with Gasteiger partial charge in [-0.1, -0.05) is 59.2 Å². The van der Waals surface area contributed by atoms with Crippen LogP contribution in [0.4, 0.5) is 14.9 Å². The molecule has 0 atom stereocenters. The van der Waals surface area contributed by atoms with Gasteiger partial charge >= 0.3 is 6.03 Å². The summed E-state index contributed by atoms with van der Waals surface area (Å²) in [5, 5.41) is 4.20. The van der Waals surface area contributed by atoms with Gasteiger partial charge in [0.2, 0.25) is 0 Å². The fourth-order valence-electron chi connectivity index (χ4n) is 2.96. The molecule has 1 heterocycles. The maximum absolute atomic E-state index is 13.0. The zero-order valence-electron chi connectivity index (χ0n) is 17.8. The van der Waals surface area contributed by atoms with E-state index in [1.165, 1.54) is 18.2 Å². The van der Waals surface area contributed by atoms with Crippen molar-refractivity contribution in [1.82, 2.24) is 10.4 Å². The van der Waals surface area contributed by atoms with E-state index >= 15 is 0 Å². The largest absolute Gasteiger partial charge is 0.489 e. The number of hydrazine groups is 1. The van der Waals surface area contributed by atoms with Gasteiger partial charge in [0, 0.05) is 5.69 Å². The van der Waals surface area contributed by atoms with Crippen LogP contribution in [0.1, 0.15) is 11.1 Å². The monoisotopic (exact) mass is 547 g/mol. The lowest BCUT2D eigenvalue weighted by atomic mass is 10.2. The number of nitrogens with one attached hydrogen (secondary N) is 2. The number of urea groups is 1. The van der Waals surface area contributed by atoms with Gasteiger partial charge in [-0.05, 0) is 71.9 Å². The molecular formula is C24H16Cl2FN3O3S2. The van der Waals surface area contributed by atoms with Crippen molar-refractivity contribution in [1.29, 1.82) is 0 Å². The minimum Gasteiger partial charge on any atom is -0.489 e. The molecule has 0 saturated carbocycles. The summed E-state index contributed by atoms with van der Waals surface area (Å²) >= 11 is 18.1. The molecule has 11 heteroatoms. The van der Waals surface area contributed by atoms with E-state index < -0.39 is 11.9 Å². The average molecular weight is 548 g/mol. The van der Waals surface area contributed by atoms with Gasteiger partial charge in [-0.3, -0.25) is 4.79 Å². The Labute approximate surface area is 220 Å². The first-order valence-electron chi connectivity index (χ1n) is 10.1. The summed E-state index contributed by atoms with van der Waals surface area (Å²) in [6, 6.07) is 17.1. The molecule has 0 unspecified atom stereocenters. The number of carbonyl (C=O) groups excluding carboxylic acids is 2. The van der Waals surface area contributed by atoms with Crippen molar-refractivity contribution in [2.75, 3.05) is 5.32 Å². The van der Waals surface area contributed by atoms with Crippen molar-refractivity contribution < 1.29 is 18.7 Å². The molecule has 178 valence electrons. The lowest BCUT2D eigenvalue weighted by Gasteiger charge is -2.16. The van der Waals surface area contributed by atoms with Crippen LogP contribution in [0, 0.1) is 5.82 Å². The molecule has 1 fully saturated rings. The number of thiocarbonyl (C=S) groups is 1. The van der Waals surface area contributed by atoms with Crippen LogP contribution >= 0.6 is 47.2 Å². The molecule has 1 aliphatic heterocycles. The second-order valence-corrected chi connectivity index (χ2v) is 9.69. The van der Waals surface area contributed by atoms with Crippen LogP contribution in [0.2, 0.25) is 10.0 Å². The molecule has 3 amide bonds. The summed E-state index contributed by atoms with van der Waals surface area (Å²) in [6.45, 7) is 0.300.